The Kier molecular flexibility index (Phi) is 3.72. The molecule has 2 fully saturated rings. The monoisotopic (exact) mass is 274 g/mol. The number of sulfone groups is 1. The minimum atomic E-state index is -2.98. The molecular weight excluding hydrogens is 256 g/mol. The third-order valence-electron chi connectivity index (χ3n) is 3.55. The standard InChI is InChI=1S/C11H18N2O4S/c1-13-10(14)5-4-9(11(13)15)12-8-3-2-6-18(16,17)7-8/h8-9,12H,2-7H2,1H3. The summed E-state index contributed by atoms with van der Waals surface area (Å²) in [5.74, 6) is -0.0973. The smallest absolute Gasteiger partial charge is 0.246 e. The largest absolute Gasteiger partial charge is 0.302 e. The van der Waals surface area contributed by atoms with Gasteiger partial charge in [0.2, 0.25) is 11.8 Å². The molecule has 7 heteroatoms. The van der Waals surface area contributed by atoms with Gasteiger partial charge >= 0.3 is 0 Å². The molecule has 18 heavy (non-hydrogen) atoms. The number of hydrogen-bond acceptors (Lipinski definition) is 5. The molecule has 0 aliphatic carbocycles. The van der Waals surface area contributed by atoms with Gasteiger partial charge in [-0.25, -0.2) is 8.42 Å². The molecule has 2 amide bonds. The van der Waals surface area contributed by atoms with E-state index in [9.17, 15) is 18.0 Å². The van der Waals surface area contributed by atoms with Crippen LogP contribution in [0, 0.1) is 0 Å². The molecule has 0 spiro atoms. The number of nitrogens with one attached hydrogen (secondary N) is 1. The van der Waals surface area contributed by atoms with Crippen molar-refractivity contribution >= 4 is 21.7 Å². The Morgan fingerprint density at radius 3 is 2.67 bits per heavy atom. The highest BCUT2D eigenvalue weighted by molar-refractivity contribution is 7.91. The Hall–Kier alpha value is -0.950. The van der Waals surface area contributed by atoms with Gasteiger partial charge in [0.05, 0.1) is 17.5 Å². The lowest BCUT2D eigenvalue weighted by atomic mass is 10.0. The molecule has 0 bridgehead atoms. The van der Waals surface area contributed by atoms with Crippen LogP contribution in [-0.4, -0.2) is 55.8 Å². The summed E-state index contributed by atoms with van der Waals surface area (Å²) in [5, 5.41) is 3.09. The SMILES string of the molecule is CN1C(=O)CCC(NC2CCCS(=O)(=O)C2)C1=O. The van der Waals surface area contributed by atoms with Gasteiger partial charge in [0, 0.05) is 19.5 Å². The van der Waals surface area contributed by atoms with Crippen LogP contribution < -0.4 is 5.32 Å². The Labute approximate surface area is 107 Å². The molecule has 1 N–H and O–H groups in total. The van der Waals surface area contributed by atoms with Gasteiger partial charge in [0.15, 0.2) is 9.84 Å². The van der Waals surface area contributed by atoms with E-state index in [4.69, 9.17) is 0 Å². The number of likely N-dealkylation sites (N-methyl/N-ethyl adjacent to an activating group) is 1. The maximum atomic E-state index is 11.9. The first-order valence-electron chi connectivity index (χ1n) is 6.16. The Morgan fingerprint density at radius 1 is 1.28 bits per heavy atom. The first kappa shape index (κ1) is 13.5. The van der Waals surface area contributed by atoms with E-state index in [0.717, 1.165) is 11.3 Å². The molecule has 2 atom stereocenters. The van der Waals surface area contributed by atoms with E-state index in [1.165, 1.54) is 7.05 Å². The van der Waals surface area contributed by atoms with Crippen molar-refractivity contribution in [3.05, 3.63) is 0 Å². The fourth-order valence-electron chi connectivity index (χ4n) is 2.51. The van der Waals surface area contributed by atoms with Crippen LogP contribution >= 0.6 is 0 Å². The third-order valence-corrected chi connectivity index (χ3v) is 5.37. The predicted octanol–water partition coefficient (Wildman–Crippen LogP) is -0.699. The maximum absolute atomic E-state index is 11.9. The first-order valence-corrected chi connectivity index (χ1v) is 7.98. The van der Waals surface area contributed by atoms with Crippen molar-refractivity contribution in [2.24, 2.45) is 0 Å². The summed E-state index contributed by atoms with van der Waals surface area (Å²) in [4.78, 5) is 24.3. The van der Waals surface area contributed by atoms with Crippen molar-refractivity contribution in [3.8, 4) is 0 Å². The number of imide groups is 1. The molecule has 102 valence electrons. The minimum Gasteiger partial charge on any atom is -0.302 e. The van der Waals surface area contributed by atoms with E-state index in [1.54, 1.807) is 0 Å². The van der Waals surface area contributed by atoms with Crippen LogP contribution in [0.1, 0.15) is 25.7 Å². The van der Waals surface area contributed by atoms with Gasteiger partial charge in [0.25, 0.3) is 0 Å². The molecule has 2 rings (SSSR count). The lowest BCUT2D eigenvalue weighted by Gasteiger charge is -2.32. The van der Waals surface area contributed by atoms with E-state index in [2.05, 4.69) is 5.32 Å². The number of carbonyl (C=O) groups is 2. The highest BCUT2D eigenvalue weighted by Crippen LogP contribution is 2.16. The third kappa shape index (κ3) is 2.89. The zero-order valence-corrected chi connectivity index (χ0v) is 11.2. The number of rotatable bonds is 2. The molecule has 0 radical (unpaired) electrons. The number of hydrogen-bond donors (Lipinski definition) is 1. The fourth-order valence-corrected chi connectivity index (χ4v) is 4.16. The van der Waals surface area contributed by atoms with Crippen LogP contribution in [0.15, 0.2) is 0 Å². The molecule has 0 aromatic heterocycles. The van der Waals surface area contributed by atoms with Gasteiger partial charge in [-0.2, -0.15) is 0 Å². The summed E-state index contributed by atoms with van der Waals surface area (Å²) in [6.07, 6.45) is 2.19. The topological polar surface area (TPSA) is 83.6 Å². The van der Waals surface area contributed by atoms with Gasteiger partial charge in [0.1, 0.15) is 0 Å². The van der Waals surface area contributed by atoms with E-state index in [0.29, 0.717) is 19.3 Å². The van der Waals surface area contributed by atoms with Crippen LogP contribution in [0.25, 0.3) is 0 Å². The van der Waals surface area contributed by atoms with Crippen LogP contribution in [0.4, 0.5) is 0 Å². The lowest BCUT2D eigenvalue weighted by Crippen LogP contribution is -2.55. The molecule has 0 aromatic carbocycles. The van der Waals surface area contributed by atoms with Crippen molar-refractivity contribution in [3.63, 3.8) is 0 Å². The molecule has 2 saturated heterocycles. The normalized spacial score (nSPS) is 32.6. The summed E-state index contributed by atoms with van der Waals surface area (Å²) in [7, 11) is -1.51. The molecule has 2 heterocycles. The second-order valence-electron chi connectivity index (χ2n) is 5.00. The molecule has 2 aliphatic heterocycles. The molecule has 0 saturated carbocycles. The fraction of sp³-hybridized carbons (Fsp3) is 0.818. The number of piperidine rings is 1. The van der Waals surface area contributed by atoms with Crippen molar-refractivity contribution in [1.82, 2.24) is 10.2 Å². The van der Waals surface area contributed by atoms with Crippen molar-refractivity contribution in [2.45, 2.75) is 37.8 Å². The summed E-state index contributed by atoms with van der Waals surface area (Å²) in [5.41, 5.74) is 0. The van der Waals surface area contributed by atoms with Gasteiger partial charge in [-0.05, 0) is 19.3 Å². The zero-order valence-electron chi connectivity index (χ0n) is 10.4. The average Bonchev–Trinajstić information content (AvgIpc) is 2.29. The molecule has 0 aromatic rings. The Balaban J connectivity index is 1.97. The van der Waals surface area contributed by atoms with Crippen LogP contribution in [0.2, 0.25) is 0 Å². The first-order chi connectivity index (χ1) is 8.39. The lowest BCUT2D eigenvalue weighted by molar-refractivity contribution is -0.148. The Bertz CT molecular complexity index is 460. The van der Waals surface area contributed by atoms with E-state index < -0.39 is 15.9 Å². The number of likely N-dealkylation sites (tertiary alicyclic amines) is 1. The van der Waals surface area contributed by atoms with Crippen molar-refractivity contribution < 1.29 is 18.0 Å². The Morgan fingerprint density at radius 2 is 2.00 bits per heavy atom. The predicted molar refractivity (Wildman–Crippen MR) is 65.6 cm³/mol. The van der Waals surface area contributed by atoms with E-state index >= 15 is 0 Å². The highest BCUT2D eigenvalue weighted by atomic mass is 32.2. The minimum absolute atomic E-state index is 0.0917. The van der Waals surface area contributed by atoms with Gasteiger partial charge in [-0.15, -0.1) is 0 Å². The molecular formula is C11H18N2O4S. The van der Waals surface area contributed by atoms with Gasteiger partial charge in [-0.1, -0.05) is 0 Å². The number of carbonyl (C=O) groups excluding carboxylic acids is 2. The van der Waals surface area contributed by atoms with Gasteiger partial charge < -0.3 is 5.32 Å². The number of amides is 2. The van der Waals surface area contributed by atoms with Crippen LogP contribution in [0.5, 0.6) is 0 Å². The number of nitrogens with zero attached hydrogens (tertiary/aromatic N) is 1. The van der Waals surface area contributed by atoms with Crippen molar-refractivity contribution in [1.29, 1.82) is 0 Å². The van der Waals surface area contributed by atoms with E-state index in [-0.39, 0.29) is 29.4 Å². The second-order valence-corrected chi connectivity index (χ2v) is 7.23. The molecule has 2 aliphatic rings. The zero-order chi connectivity index (χ0) is 13.3. The summed E-state index contributed by atoms with van der Waals surface area (Å²) >= 11 is 0. The molecule has 6 nitrogen and oxygen atoms in total. The van der Waals surface area contributed by atoms with Crippen LogP contribution in [0.3, 0.4) is 0 Å². The van der Waals surface area contributed by atoms with Crippen LogP contribution in [-0.2, 0) is 19.4 Å². The van der Waals surface area contributed by atoms with E-state index in [1.807, 2.05) is 0 Å². The highest BCUT2D eigenvalue weighted by Gasteiger charge is 2.34. The second kappa shape index (κ2) is 4.97. The van der Waals surface area contributed by atoms with Gasteiger partial charge in [-0.3, -0.25) is 14.5 Å². The summed E-state index contributed by atoms with van der Waals surface area (Å²) < 4.78 is 23.0. The van der Waals surface area contributed by atoms with Crippen molar-refractivity contribution in [2.75, 3.05) is 18.6 Å². The summed E-state index contributed by atoms with van der Waals surface area (Å²) in [6.45, 7) is 0. The summed E-state index contributed by atoms with van der Waals surface area (Å²) in [6, 6.07) is -0.592. The average molecular weight is 274 g/mol. The maximum Gasteiger partial charge on any atom is 0.246 e. The quantitative estimate of drug-likeness (QED) is 0.673. The molecule has 2 unspecified atom stereocenters.